The van der Waals surface area contributed by atoms with Crippen LogP contribution in [0.4, 0.5) is 4.79 Å². The first kappa shape index (κ1) is 35.4. The van der Waals surface area contributed by atoms with Crippen molar-refractivity contribution >= 4 is 18.0 Å². The molecule has 148 valence electrons. The van der Waals surface area contributed by atoms with Gasteiger partial charge in [-0.3, -0.25) is 0 Å². The summed E-state index contributed by atoms with van der Waals surface area (Å²) < 4.78 is 4.18. The molecule has 0 rings (SSSR count). The van der Waals surface area contributed by atoms with Crippen molar-refractivity contribution in [1.82, 2.24) is 0 Å². The Morgan fingerprint density at radius 2 is 1.19 bits per heavy atom. The van der Waals surface area contributed by atoms with Crippen molar-refractivity contribution < 1.29 is 48.8 Å². The predicted octanol–water partition coefficient (Wildman–Crippen LogP) is 1.70. The maximum atomic E-state index is 9.99. The predicted molar refractivity (Wildman–Crippen MR) is 95.3 cm³/mol. The fourth-order valence-electron chi connectivity index (χ4n) is 1.13. The minimum Gasteiger partial charge on any atom is -0.545 e. The van der Waals surface area contributed by atoms with E-state index in [0.29, 0.717) is 19.4 Å². The van der Waals surface area contributed by atoms with Crippen LogP contribution in [-0.2, 0) is 33.8 Å². The Kier molecular flexibility index (Phi) is 34.8. The number of hydrogen-bond donors (Lipinski definition) is 1. The zero-order valence-corrected chi connectivity index (χ0v) is 18.6. The van der Waals surface area contributed by atoms with Gasteiger partial charge in [0.15, 0.2) is 0 Å². The molecule has 0 aliphatic rings. The maximum absolute atomic E-state index is 9.99. The van der Waals surface area contributed by atoms with Gasteiger partial charge in [0, 0.05) is 0 Å². The molecule has 0 aliphatic carbocycles. The van der Waals surface area contributed by atoms with Crippen molar-refractivity contribution in [2.24, 2.45) is 5.73 Å². The molecule has 0 heterocycles. The zero-order valence-electron chi connectivity index (χ0n) is 15.6. The maximum Gasteiger partial charge on any atom is 2.00 e. The van der Waals surface area contributed by atoms with Gasteiger partial charge in [0.2, 0.25) is 0 Å². The van der Waals surface area contributed by atoms with Crippen molar-refractivity contribution in [3.63, 3.8) is 0 Å². The van der Waals surface area contributed by atoms with Gasteiger partial charge in [-0.25, -0.2) is 4.79 Å². The molecule has 2 N–H and O–H groups in total. The number of amides is 1. The van der Waals surface area contributed by atoms with Gasteiger partial charge in [-0.15, -0.1) is 0 Å². The Labute approximate surface area is 170 Å². The zero-order chi connectivity index (χ0) is 19.5. The second-order valence-corrected chi connectivity index (χ2v) is 4.74. The molecule has 0 aromatic heterocycles. The average Bonchev–Trinajstić information content (AvgIpc) is 2.50. The summed E-state index contributed by atoms with van der Waals surface area (Å²) in [5, 5.41) is 20.0. The Morgan fingerprint density at radius 3 is 1.31 bits per heavy atom. The van der Waals surface area contributed by atoms with Crippen LogP contribution >= 0.6 is 0 Å². The molecule has 0 spiro atoms. The number of nitrogens with two attached hydrogens (primary N) is 1. The van der Waals surface area contributed by atoms with Gasteiger partial charge in [0.25, 0.3) is 0 Å². The van der Waals surface area contributed by atoms with Gasteiger partial charge in [0.1, 0.15) is 0 Å². The third-order valence-electron chi connectivity index (χ3n) is 2.53. The van der Waals surface area contributed by atoms with Gasteiger partial charge >= 0.3 is 25.6 Å². The first-order chi connectivity index (χ1) is 11.1. The van der Waals surface area contributed by atoms with Crippen molar-refractivity contribution in [3.05, 3.63) is 24.3 Å². The summed E-state index contributed by atoms with van der Waals surface area (Å²) in [4.78, 5) is 29.6. The number of aliphatic carboxylic acids is 2. The number of primary amides is 1. The second-order valence-electron chi connectivity index (χ2n) is 4.74. The van der Waals surface area contributed by atoms with Crippen LogP contribution in [0.3, 0.4) is 0 Å². The molecule has 0 bridgehead atoms. The van der Waals surface area contributed by atoms with Crippen molar-refractivity contribution in [1.29, 1.82) is 0 Å². The quantitative estimate of drug-likeness (QED) is 0.442. The van der Waals surface area contributed by atoms with Gasteiger partial charge in [0.05, 0.1) is 18.5 Å². The third-order valence-corrected chi connectivity index (χ3v) is 2.53. The number of hydrogen-bond acceptors (Lipinski definition) is 6. The van der Waals surface area contributed by atoms with Gasteiger partial charge in [-0.2, -0.15) is 0 Å². The number of ether oxygens (including phenoxy) is 1. The average molecular weight is 425 g/mol. The molecule has 7 nitrogen and oxygen atoms in total. The van der Waals surface area contributed by atoms with Crippen LogP contribution in [0.2, 0.25) is 0 Å². The van der Waals surface area contributed by atoms with Crippen LogP contribution in [0.15, 0.2) is 24.3 Å². The number of carboxylic acids is 2. The van der Waals surface area contributed by atoms with E-state index in [9.17, 15) is 24.6 Å². The summed E-state index contributed by atoms with van der Waals surface area (Å²) in [6, 6.07) is 0. The van der Waals surface area contributed by atoms with Crippen molar-refractivity contribution in [2.45, 2.75) is 66.7 Å². The van der Waals surface area contributed by atoms with E-state index < -0.39 is 18.0 Å². The Bertz CT molecular complexity index is 380. The standard InChI is InChI=1S/2C7H12O2.C3H7NO2.CH4.Zn/c2*1-3-4-5-6(2)7(8)9;1-2-6-3(4)5;;/h2*2-5H2,1H3,(H,8,9);2H2,1H3,(H2,4,5);1H4;/q;;;;+2/p-2. The number of carbonyl (C=O) groups excluding carboxylic acids is 3. The summed E-state index contributed by atoms with van der Waals surface area (Å²) in [6.45, 7) is 12.7. The van der Waals surface area contributed by atoms with E-state index in [4.69, 9.17) is 0 Å². The van der Waals surface area contributed by atoms with Crippen LogP contribution in [0, 0.1) is 0 Å². The fourth-order valence-corrected chi connectivity index (χ4v) is 1.13. The summed E-state index contributed by atoms with van der Waals surface area (Å²) >= 11 is 0. The van der Waals surface area contributed by atoms with Crippen molar-refractivity contribution in [2.75, 3.05) is 6.61 Å². The molecular formula is C18H33NO6Zn. The molecule has 0 aliphatic heterocycles. The van der Waals surface area contributed by atoms with E-state index >= 15 is 0 Å². The monoisotopic (exact) mass is 423 g/mol. The molecule has 0 saturated carbocycles. The molecule has 1 amide bonds. The molecule has 0 saturated heterocycles. The Balaban J connectivity index is -0.0000000834. The molecular weight excluding hydrogens is 392 g/mol. The number of rotatable bonds is 9. The minimum absolute atomic E-state index is 0. The summed E-state index contributed by atoms with van der Waals surface area (Å²) in [5.74, 6) is -2.24. The van der Waals surface area contributed by atoms with Gasteiger partial charge < -0.3 is 30.3 Å². The van der Waals surface area contributed by atoms with Crippen molar-refractivity contribution in [3.8, 4) is 0 Å². The molecule has 0 atom stereocenters. The number of carboxylic acid groups (broad SMARTS) is 2. The second kappa shape index (κ2) is 25.6. The largest absolute Gasteiger partial charge is 2.00 e. The van der Waals surface area contributed by atoms with E-state index in [1.54, 1.807) is 6.92 Å². The molecule has 26 heavy (non-hydrogen) atoms. The van der Waals surface area contributed by atoms with Gasteiger partial charge in [-0.05, 0) is 43.8 Å². The SMILES string of the molecule is C.C=C(CCCC)C(=O)[O-].C=C(CCCC)C(=O)[O-].CCOC(N)=O.[Zn+2]. The smallest absolute Gasteiger partial charge is 0.545 e. The first-order valence-electron chi connectivity index (χ1n) is 7.84. The number of carbonyl (C=O) groups is 3. The third kappa shape index (κ3) is 33.8. The Hall–Kier alpha value is -1.69. The molecule has 0 unspecified atom stereocenters. The van der Waals surface area contributed by atoms with E-state index in [-0.39, 0.29) is 38.1 Å². The van der Waals surface area contributed by atoms with Crippen LogP contribution in [0.5, 0.6) is 0 Å². The molecule has 0 radical (unpaired) electrons. The molecule has 0 aromatic rings. The van der Waals surface area contributed by atoms with Crippen LogP contribution < -0.4 is 15.9 Å². The summed E-state index contributed by atoms with van der Waals surface area (Å²) in [7, 11) is 0. The molecule has 0 fully saturated rings. The summed E-state index contributed by atoms with van der Waals surface area (Å²) in [6.07, 6.45) is 4.15. The van der Waals surface area contributed by atoms with Gasteiger partial charge in [-0.1, -0.05) is 47.3 Å². The Morgan fingerprint density at radius 1 is 0.885 bits per heavy atom. The number of unbranched alkanes of at least 4 members (excludes halogenated alkanes) is 2. The minimum atomic E-state index is -1.12. The fraction of sp³-hybridized carbons (Fsp3) is 0.611. The van der Waals surface area contributed by atoms with E-state index in [1.807, 2.05) is 13.8 Å². The van der Waals surface area contributed by atoms with E-state index in [2.05, 4.69) is 23.6 Å². The van der Waals surface area contributed by atoms with Crippen LogP contribution in [-0.4, -0.2) is 24.6 Å². The summed E-state index contributed by atoms with van der Waals surface area (Å²) in [5.41, 5.74) is 4.95. The normalized spacial score (nSPS) is 7.96. The topological polar surface area (TPSA) is 133 Å². The van der Waals surface area contributed by atoms with E-state index in [0.717, 1.165) is 25.7 Å². The molecule has 8 heteroatoms. The van der Waals surface area contributed by atoms with Crippen LogP contribution in [0.25, 0.3) is 0 Å². The van der Waals surface area contributed by atoms with E-state index in [1.165, 1.54) is 0 Å². The first-order valence-corrected chi connectivity index (χ1v) is 7.84. The molecule has 0 aromatic carbocycles. The van der Waals surface area contributed by atoms with Crippen LogP contribution in [0.1, 0.15) is 66.7 Å².